The fourth-order valence-corrected chi connectivity index (χ4v) is 4.20. The van der Waals surface area contributed by atoms with Gasteiger partial charge in [0, 0.05) is 5.39 Å². The number of carbonyl (C=O) groups is 2. The van der Waals surface area contributed by atoms with Gasteiger partial charge < -0.3 is 10.1 Å². The molecule has 158 valence electrons. The zero-order valence-electron chi connectivity index (χ0n) is 16.8. The molecule has 2 aromatic carbocycles. The minimum absolute atomic E-state index is 0.164. The number of rotatable bonds is 7. The molecule has 1 amide bonds. The first kappa shape index (κ1) is 20.7. The Morgan fingerprint density at radius 3 is 2.58 bits per heavy atom. The minimum atomic E-state index is -0.503. The quantitative estimate of drug-likeness (QED) is 0.443. The topological polar surface area (TPSA) is 73.2 Å². The number of ether oxygens (including phenoxy) is 1. The summed E-state index contributed by atoms with van der Waals surface area (Å²) in [6.07, 6.45) is 0. The van der Waals surface area contributed by atoms with Gasteiger partial charge in [-0.3, -0.25) is 14.3 Å². The third kappa shape index (κ3) is 4.97. The highest BCUT2D eigenvalue weighted by Crippen LogP contribution is 2.28. The van der Waals surface area contributed by atoms with Crippen LogP contribution in [0.15, 0.2) is 60.7 Å². The molecule has 8 heteroatoms. The monoisotopic (exact) mass is 437 g/mol. The summed E-state index contributed by atoms with van der Waals surface area (Å²) in [6, 6.07) is 17.4. The molecule has 4 aromatic rings. The number of hydrogen-bond donors (Lipinski definition) is 1. The third-order valence-electron chi connectivity index (χ3n) is 4.71. The van der Waals surface area contributed by atoms with Crippen molar-refractivity contribution in [1.29, 1.82) is 0 Å². The van der Waals surface area contributed by atoms with Gasteiger partial charge in [-0.2, -0.15) is 5.10 Å². The maximum Gasteiger partial charge on any atom is 0.325 e. The van der Waals surface area contributed by atoms with E-state index in [-0.39, 0.29) is 24.9 Å². The molecule has 0 spiro atoms. The van der Waals surface area contributed by atoms with Crippen LogP contribution in [0.4, 0.5) is 4.39 Å². The first-order valence-corrected chi connectivity index (χ1v) is 10.5. The maximum absolute atomic E-state index is 13.1. The molecule has 2 aromatic heterocycles. The lowest BCUT2D eigenvalue weighted by Crippen LogP contribution is -2.30. The van der Waals surface area contributed by atoms with Gasteiger partial charge in [0.05, 0.1) is 17.1 Å². The number of esters is 1. The van der Waals surface area contributed by atoms with Crippen LogP contribution in [0, 0.1) is 12.7 Å². The highest BCUT2D eigenvalue weighted by atomic mass is 32.1. The summed E-state index contributed by atoms with van der Waals surface area (Å²) in [5.41, 5.74) is 2.59. The van der Waals surface area contributed by atoms with Crippen molar-refractivity contribution in [3.63, 3.8) is 0 Å². The number of carbonyl (C=O) groups excluding carboxylic acids is 2. The number of nitrogens with one attached hydrogen (secondary N) is 1. The normalized spacial score (nSPS) is 10.9. The van der Waals surface area contributed by atoms with Crippen LogP contribution in [0.1, 0.15) is 26.5 Å². The SMILES string of the molecule is Cc1nn(Cc2ccc(F)cc2)c2sc(C(=O)NCC(=O)OCc3ccccc3)cc12. The number of aromatic nitrogens is 2. The van der Waals surface area contributed by atoms with Gasteiger partial charge in [0.1, 0.15) is 23.8 Å². The van der Waals surface area contributed by atoms with Gasteiger partial charge in [-0.1, -0.05) is 42.5 Å². The van der Waals surface area contributed by atoms with E-state index in [4.69, 9.17) is 4.74 Å². The Balaban J connectivity index is 1.39. The number of halogens is 1. The van der Waals surface area contributed by atoms with E-state index in [9.17, 15) is 14.0 Å². The molecule has 0 aliphatic rings. The second-order valence-electron chi connectivity index (χ2n) is 7.03. The molecule has 0 saturated carbocycles. The summed E-state index contributed by atoms with van der Waals surface area (Å²) in [6.45, 7) is 2.30. The van der Waals surface area contributed by atoms with E-state index in [0.29, 0.717) is 11.4 Å². The molecule has 6 nitrogen and oxygen atoms in total. The van der Waals surface area contributed by atoms with E-state index in [1.54, 1.807) is 22.9 Å². The standard InChI is InChI=1S/C23H20FN3O3S/c1-15-19-11-20(22(29)25-12-21(28)30-14-17-5-3-2-4-6-17)31-23(19)27(26-15)13-16-7-9-18(24)10-8-16/h2-11H,12-14H2,1H3,(H,25,29). The van der Waals surface area contributed by atoms with E-state index >= 15 is 0 Å². The number of aryl methyl sites for hydroxylation is 1. The third-order valence-corrected chi connectivity index (χ3v) is 5.86. The van der Waals surface area contributed by atoms with Crippen molar-refractivity contribution < 1.29 is 18.7 Å². The molecular formula is C23H20FN3O3S. The summed E-state index contributed by atoms with van der Waals surface area (Å²) < 4.78 is 20.1. The molecular weight excluding hydrogens is 417 g/mol. The number of hydrogen-bond acceptors (Lipinski definition) is 5. The molecule has 0 atom stereocenters. The van der Waals surface area contributed by atoms with Crippen molar-refractivity contribution in [3.05, 3.63) is 88.2 Å². The van der Waals surface area contributed by atoms with Gasteiger partial charge in [-0.05, 0) is 36.2 Å². The number of fused-ring (bicyclic) bond motifs is 1. The van der Waals surface area contributed by atoms with E-state index < -0.39 is 5.97 Å². The Labute approximate surface area is 182 Å². The molecule has 4 rings (SSSR count). The van der Waals surface area contributed by atoms with Gasteiger partial charge in [-0.15, -0.1) is 11.3 Å². The summed E-state index contributed by atoms with van der Waals surface area (Å²) in [5, 5.41) is 8.01. The highest BCUT2D eigenvalue weighted by Gasteiger charge is 2.17. The smallest absolute Gasteiger partial charge is 0.325 e. The number of nitrogens with zero attached hydrogens (tertiary/aromatic N) is 2. The molecule has 0 unspecified atom stereocenters. The Kier molecular flexibility index (Phi) is 6.08. The molecule has 1 N–H and O–H groups in total. The Bertz CT molecular complexity index is 1220. The average molecular weight is 437 g/mol. The van der Waals surface area contributed by atoms with Crippen LogP contribution in [0.25, 0.3) is 10.2 Å². The summed E-state index contributed by atoms with van der Waals surface area (Å²) >= 11 is 1.30. The first-order chi connectivity index (χ1) is 15.0. The lowest BCUT2D eigenvalue weighted by Gasteiger charge is -2.06. The zero-order valence-corrected chi connectivity index (χ0v) is 17.6. The fraction of sp³-hybridized carbons (Fsp3) is 0.174. The Hall–Kier alpha value is -3.52. The summed E-state index contributed by atoms with van der Waals surface area (Å²) in [4.78, 5) is 25.8. The first-order valence-electron chi connectivity index (χ1n) is 9.69. The van der Waals surface area contributed by atoms with Gasteiger partial charge in [0.15, 0.2) is 0 Å². The zero-order chi connectivity index (χ0) is 21.8. The predicted molar refractivity (Wildman–Crippen MR) is 116 cm³/mol. The Morgan fingerprint density at radius 1 is 1.10 bits per heavy atom. The fourth-order valence-electron chi connectivity index (χ4n) is 3.12. The molecule has 31 heavy (non-hydrogen) atoms. The number of amides is 1. The lowest BCUT2D eigenvalue weighted by atomic mass is 10.2. The van der Waals surface area contributed by atoms with Crippen molar-refractivity contribution in [3.8, 4) is 0 Å². The number of thiophene rings is 1. The minimum Gasteiger partial charge on any atom is -0.460 e. The Morgan fingerprint density at radius 2 is 1.84 bits per heavy atom. The van der Waals surface area contributed by atoms with E-state index in [1.807, 2.05) is 37.3 Å². The molecule has 2 heterocycles. The van der Waals surface area contributed by atoms with Crippen LogP contribution in [0.3, 0.4) is 0 Å². The molecule has 0 fully saturated rings. The lowest BCUT2D eigenvalue weighted by molar-refractivity contribution is -0.143. The van der Waals surface area contributed by atoms with Crippen molar-refractivity contribution in [2.24, 2.45) is 0 Å². The van der Waals surface area contributed by atoms with Gasteiger partial charge in [-0.25, -0.2) is 4.39 Å². The van der Waals surface area contributed by atoms with Crippen LogP contribution in [0.2, 0.25) is 0 Å². The van der Waals surface area contributed by atoms with Crippen molar-refractivity contribution in [1.82, 2.24) is 15.1 Å². The van der Waals surface area contributed by atoms with E-state index in [2.05, 4.69) is 10.4 Å². The molecule has 0 saturated heterocycles. The molecule has 0 bridgehead atoms. The van der Waals surface area contributed by atoms with E-state index in [0.717, 1.165) is 27.0 Å². The largest absolute Gasteiger partial charge is 0.460 e. The van der Waals surface area contributed by atoms with Crippen molar-refractivity contribution in [2.45, 2.75) is 20.1 Å². The summed E-state index contributed by atoms with van der Waals surface area (Å²) in [7, 11) is 0. The van der Waals surface area contributed by atoms with Crippen molar-refractivity contribution in [2.75, 3.05) is 6.54 Å². The molecule has 0 aliphatic heterocycles. The van der Waals surface area contributed by atoms with Gasteiger partial charge in [0.2, 0.25) is 0 Å². The van der Waals surface area contributed by atoms with Crippen LogP contribution < -0.4 is 5.32 Å². The van der Waals surface area contributed by atoms with Gasteiger partial charge in [0.25, 0.3) is 5.91 Å². The molecule has 0 aliphatic carbocycles. The second-order valence-corrected chi connectivity index (χ2v) is 8.06. The predicted octanol–water partition coefficient (Wildman–Crippen LogP) is 4.07. The molecule has 0 radical (unpaired) electrons. The summed E-state index contributed by atoms with van der Waals surface area (Å²) in [5.74, 6) is -1.13. The van der Waals surface area contributed by atoms with Crippen LogP contribution >= 0.6 is 11.3 Å². The maximum atomic E-state index is 13.1. The van der Waals surface area contributed by atoms with Crippen LogP contribution in [-0.4, -0.2) is 28.2 Å². The average Bonchev–Trinajstić information content (AvgIpc) is 3.34. The highest BCUT2D eigenvalue weighted by molar-refractivity contribution is 7.20. The van der Waals surface area contributed by atoms with E-state index in [1.165, 1.54) is 23.5 Å². The van der Waals surface area contributed by atoms with Crippen LogP contribution in [-0.2, 0) is 22.7 Å². The second kappa shape index (κ2) is 9.09. The van der Waals surface area contributed by atoms with Crippen molar-refractivity contribution >= 4 is 33.4 Å². The number of benzene rings is 2. The van der Waals surface area contributed by atoms with Crippen LogP contribution in [0.5, 0.6) is 0 Å². The van der Waals surface area contributed by atoms with Gasteiger partial charge >= 0.3 is 5.97 Å².